The highest BCUT2D eigenvalue weighted by molar-refractivity contribution is 7.15. The Bertz CT molecular complexity index is 857. The Kier molecular flexibility index (Phi) is 4.86. The summed E-state index contributed by atoms with van der Waals surface area (Å²) in [5.74, 6) is -0.744. The van der Waals surface area contributed by atoms with Crippen molar-refractivity contribution in [1.82, 2.24) is 10.2 Å². The molecule has 0 bridgehead atoms. The van der Waals surface area contributed by atoms with Gasteiger partial charge in [-0.05, 0) is 19.8 Å². The topological polar surface area (TPSA) is 150 Å². The first-order chi connectivity index (χ1) is 12.4. The molecule has 1 N–H and O–H groups in total. The number of carbonyl (C=O) groups excluding carboxylic acids is 1. The maximum absolute atomic E-state index is 12.4. The summed E-state index contributed by atoms with van der Waals surface area (Å²) in [6.07, 6.45) is 1.58. The Hall–Kier alpha value is -2.99. The van der Waals surface area contributed by atoms with Gasteiger partial charge in [0.05, 0.1) is 15.4 Å². The number of ether oxygens (including phenoxy) is 1. The number of nitrogens with zero attached hydrogens (tertiary/aromatic N) is 4. The van der Waals surface area contributed by atoms with Crippen molar-refractivity contribution in [2.75, 3.05) is 11.9 Å². The minimum absolute atomic E-state index is 0.117. The van der Waals surface area contributed by atoms with E-state index in [1.54, 1.807) is 0 Å². The lowest BCUT2D eigenvalue weighted by molar-refractivity contribution is -0.395. The summed E-state index contributed by atoms with van der Waals surface area (Å²) in [6.45, 7) is 1.90. The van der Waals surface area contributed by atoms with Gasteiger partial charge in [-0.15, -0.1) is 10.2 Å². The quantitative estimate of drug-likeness (QED) is 0.615. The second kappa shape index (κ2) is 7.09. The second-order valence-electron chi connectivity index (χ2n) is 5.55. The number of rotatable bonds is 5. The number of nitro benzene ring substituents is 2. The average Bonchev–Trinajstić information content (AvgIpc) is 3.25. The molecule has 1 aliphatic heterocycles. The number of anilines is 1. The smallest absolute Gasteiger partial charge is 0.279 e. The molecule has 1 aliphatic rings. The van der Waals surface area contributed by atoms with Crippen LogP contribution in [0.5, 0.6) is 0 Å². The van der Waals surface area contributed by atoms with Crippen molar-refractivity contribution >= 4 is 33.8 Å². The summed E-state index contributed by atoms with van der Waals surface area (Å²) < 4.78 is 5.48. The highest BCUT2D eigenvalue weighted by Crippen LogP contribution is 2.33. The monoisotopic (exact) mass is 379 g/mol. The van der Waals surface area contributed by atoms with Crippen LogP contribution in [0.2, 0.25) is 0 Å². The number of nitrogens with one attached hydrogen (secondary N) is 1. The molecule has 12 heteroatoms. The molecule has 1 amide bonds. The van der Waals surface area contributed by atoms with Crippen molar-refractivity contribution in [1.29, 1.82) is 0 Å². The van der Waals surface area contributed by atoms with Crippen LogP contribution in [0.1, 0.15) is 39.9 Å². The van der Waals surface area contributed by atoms with Gasteiger partial charge in [0.2, 0.25) is 5.13 Å². The van der Waals surface area contributed by atoms with Crippen LogP contribution in [0.4, 0.5) is 16.5 Å². The van der Waals surface area contributed by atoms with Gasteiger partial charge in [0.15, 0.2) is 0 Å². The minimum Gasteiger partial charge on any atom is -0.371 e. The van der Waals surface area contributed by atoms with Crippen molar-refractivity contribution in [3.8, 4) is 0 Å². The molecule has 0 aliphatic carbocycles. The van der Waals surface area contributed by atoms with Crippen LogP contribution in [-0.2, 0) is 4.74 Å². The summed E-state index contributed by atoms with van der Waals surface area (Å²) in [5, 5.41) is 33.3. The highest BCUT2D eigenvalue weighted by Gasteiger charge is 2.26. The van der Waals surface area contributed by atoms with Gasteiger partial charge in [-0.3, -0.25) is 30.3 Å². The van der Waals surface area contributed by atoms with Gasteiger partial charge in [-0.1, -0.05) is 11.3 Å². The Morgan fingerprint density at radius 2 is 1.92 bits per heavy atom. The maximum Gasteiger partial charge on any atom is 0.279 e. The van der Waals surface area contributed by atoms with Crippen LogP contribution in [0, 0.1) is 27.2 Å². The summed E-state index contributed by atoms with van der Waals surface area (Å²) in [4.78, 5) is 33.0. The summed E-state index contributed by atoms with van der Waals surface area (Å²) in [5.41, 5.74) is -1.32. The zero-order valence-corrected chi connectivity index (χ0v) is 14.3. The molecule has 0 spiro atoms. The Morgan fingerprint density at radius 1 is 1.27 bits per heavy atom. The molecule has 1 unspecified atom stereocenters. The van der Waals surface area contributed by atoms with E-state index in [1.807, 2.05) is 0 Å². The van der Waals surface area contributed by atoms with Crippen LogP contribution in [0.3, 0.4) is 0 Å². The molecule has 1 atom stereocenters. The van der Waals surface area contributed by atoms with Crippen molar-refractivity contribution < 1.29 is 19.4 Å². The third kappa shape index (κ3) is 3.50. The molecule has 26 heavy (non-hydrogen) atoms. The fraction of sp³-hybridized carbons (Fsp3) is 0.357. The highest BCUT2D eigenvalue weighted by atomic mass is 32.1. The van der Waals surface area contributed by atoms with E-state index < -0.39 is 27.1 Å². The van der Waals surface area contributed by atoms with E-state index in [0.29, 0.717) is 11.6 Å². The molecule has 0 radical (unpaired) electrons. The first kappa shape index (κ1) is 17.8. The number of hydrogen-bond donors (Lipinski definition) is 1. The number of carbonyl (C=O) groups is 1. The molecule has 1 saturated heterocycles. The van der Waals surface area contributed by atoms with Gasteiger partial charge in [0.25, 0.3) is 17.3 Å². The zero-order valence-electron chi connectivity index (χ0n) is 13.5. The second-order valence-corrected chi connectivity index (χ2v) is 6.56. The van der Waals surface area contributed by atoms with Gasteiger partial charge in [0.1, 0.15) is 16.7 Å². The van der Waals surface area contributed by atoms with Gasteiger partial charge in [0, 0.05) is 18.7 Å². The Labute approximate surface area is 150 Å². The van der Waals surface area contributed by atoms with Gasteiger partial charge >= 0.3 is 0 Å². The number of amides is 1. The van der Waals surface area contributed by atoms with Crippen molar-refractivity contribution in [2.45, 2.75) is 25.9 Å². The third-order valence-corrected chi connectivity index (χ3v) is 4.81. The molecule has 3 rings (SSSR count). The average molecular weight is 379 g/mol. The normalized spacial score (nSPS) is 16.4. The molecule has 136 valence electrons. The van der Waals surface area contributed by atoms with Crippen LogP contribution in [0.25, 0.3) is 0 Å². The van der Waals surface area contributed by atoms with Gasteiger partial charge < -0.3 is 4.74 Å². The molecule has 11 nitrogen and oxygen atoms in total. The largest absolute Gasteiger partial charge is 0.371 e. The first-order valence-electron chi connectivity index (χ1n) is 7.56. The van der Waals surface area contributed by atoms with E-state index in [0.717, 1.165) is 36.3 Å². The van der Waals surface area contributed by atoms with Crippen LogP contribution < -0.4 is 5.32 Å². The van der Waals surface area contributed by atoms with E-state index in [2.05, 4.69) is 15.5 Å². The number of aromatic nitrogens is 2. The van der Waals surface area contributed by atoms with Gasteiger partial charge in [-0.2, -0.15) is 0 Å². The molecular formula is C14H13N5O6S. The number of benzene rings is 1. The van der Waals surface area contributed by atoms with E-state index in [4.69, 9.17) is 4.74 Å². The van der Waals surface area contributed by atoms with Crippen molar-refractivity contribution in [3.63, 3.8) is 0 Å². The summed E-state index contributed by atoms with van der Waals surface area (Å²) in [6, 6.07) is 2.00. The van der Waals surface area contributed by atoms with E-state index in [-0.39, 0.29) is 22.4 Å². The van der Waals surface area contributed by atoms with Crippen LogP contribution >= 0.6 is 11.3 Å². The Balaban J connectivity index is 1.85. The standard InChI is InChI=1S/C14H13N5O6S/c1-7-9(18(21)22)5-8(6-10(7)19(23)24)12(20)15-14-17-16-13(26-14)11-3-2-4-25-11/h5-6,11H,2-4H2,1H3,(H,15,17,20). The predicted octanol–water partition coefficient (Wildman–Crippen LogP) is 2.77. The fourth-order valence-corrected chi connectivity index (χ4v) is 3.37. The first-order valence-corrected chi connectivity index (χ1v) is 8.38. The van der Waals surface area contributed by atoms with Crippen LogP contribution in [0.15, 0.2) is 12.1 Å². The fourth-order valence-electron chi connectivity index (χ4n) is 2.55. The van der Waals surface area contributed by atoms with E-state index >= 15 is 0 Å². The summed E-state index contributed by atoms with van der Waals surface area (Å²) >= 11 is 1.13. The van der Waals surface area contributed by atoms with Crippen LogP contribution in [-0.4, -0.2) is 32.6 Å². The minimum atomic E-state index is -0.764. The lowest BCUT2D eigenvalue weighted by atomic mass is 10.1. The number of nitro groups is 2. The molecule has 2 heterocycles. The molecule has 1 aromatic heterocycles. The molecule has 2 aromatic rings. The Morgan fingerprint density at radius 3 is 2.46 bits per heavy atom. The van der Waals surface area contributed by atoms with E-state index in [1.165, 1.54) is 6.92 Å². The lowest BCUT2D eigenvalue weighted by Gasteiger charge is -2.04. The molecule has 1 aromatic carbocycles. The third-order valence-electron chi connectivity index (χ3n) is 3.87. The van der Waals surface area contributed by atoms with Crippen molar-refractivity contribution in [2.24, 2.45) is 0 Å². The SMILES string of the molecule is Cc1c([N+](=O)[O-])cc(C(=O)Nc2nnc(C3CCCO3)s2)cc1[N+](=O)[O-]. The van der Waals surface area contributed by atoms with Crippen molar-refractivity contribution in [3.05, 3.63) is 48.5 Å². The number of hydrogen-bond acceptors (Lipinski definition) is 9. The maximum atomic E-state index is 12.4. The van der Waals surface area contributed by atoms with Gasteiger partial charge in [-0.25, -0.2) is 0 Å². The summed E-state index contributed by atoms with van der Waals surface area (Å²) in [7, 11) is 0. The lowest BCUT2D eigenvalue weighted by Crippen LogP contribution is -2.13. The zero-order chi connectivity index (χ0) is 18.8. The predicted molar refractivity (Wildman–Crippen MR) is 90.3 cm³/mol. The van der Waals surface area contributed by atoms with E-state index in [9.17, 15) is 25.0 Å². The molecule has 0 saturated carbocycles. The molecular weight excluding hydrogens is 366 g/mol. The molecule has 1 fully saturated rings.